The Labute approximate surface area is 111 Å². The molecule has 1 aliphatic heterocycles. The van der Waals surface area contributed by atoms with E-state index < -0.39 is 0 Å². The molecule has 1 atom stereocenters. The van der Waals surface area contributed by atoms with Crippen LogP contribution in [0.3, 0.4) is 0 Å². The van der Waals surface area contributed by atoms with E-state index in [4.69, 9.17) is 5.26 Å². The number of halogens is 1. The van der Waals surface area contributed by atoms with Crippen LogP contribution in [0.4, 0.5) is 5.69 Å². The third kappa shape index (κ3) is 2.80. The summed E-state index contributed by atoms with van der Waals surface area (Å²) in [5.74, 6) is 0. The topological polar surface area (TPSA) is 30.3 Å². The van der Waals surface area contributed by atoms with Crippen LogP contribution in [0.5, 0.6) is 0 Å². The predicted molar refractivity (Wildman–Crippen MR) is 73.2 cm³/mol. The van der Waals surface area contributed by atoms with Gasteiger partial charge < -0.3 is 9.80 Å². The van der Waals surface area contributed by atoms with Gasteiger partial charge in [0.1, 0.15) is 0 Å². The van der Waals surface area contributed by atoms with E-state index in [2.05, 4.69) is 51.8 Å². The highest BCUT2D eigenvalue weighted by Gasteiger charge is 2.22. The van der Waals surface area contributed by atoms with E-state index in [1.165, 1.54) is 0 Å². The molecule has 2 rings (SSSR count). The number of rotatable bonds is 1. The van der Waals surface area contributed by atoms with Gasteiger partial charge in [0.2, 0.25) is 0 Å². The molecular formula is C13H16BrN3. The van der Waals surface area contributed by atoms with Gasteiger partial charge in [-0.25, -0.2) is 0 Å². The summed E-state index contributed by atoms with van der Waals surface area (Å²) in [6.07, 6.45) is 0. The zero-order chi connectivity index (χ0) is 12.4. The highest BCUT2D eigenvalue weighted by Crippen LogP contribution is 2.25. The number of piperazine rings is 1. The largest absolute Gasteiger partial charge is 0.366 e. The summed E-state index contributed by atoms with van der Waals surface area (Å²) in [6, 6.07) is 8.59. The molecule has 1 saturated heterocycles. The van der Waals surface area contributed by atoms with Crippen molar-refractivity contribution in [1.82, 2.24) is 4.90 Å². The monoisotopic (exact) mass is 293 g/mol. The van der Waals surface area contributed by atoms with Crippen molar-refractivity contribution in [2.45, 2.75) is 13.0 Å². The highest BCUT2D eigenvalue weighted by atomic mass is 79.9. The fourth-order valence-corrected chi connectivity index (χ4v) is 2.81. The number of anilines is 1. The zero-order valence-electron chi connectivity index (χ0n) is 10.2. The van der Waals surface area contributed by atoms with Crippen LogP contribution in [-0.2, 0) is 0 Å². The second-order valence-corrected chi connectivity index (χ2v) is 5.53. The van der Waals surface area contributed by atoms with E-state index in [9.17, 15) is 0 Å². The summed E-state index contributed by atoms with van der Waals surface area (Å²) in [5.41, 5.74) is 1.84. The first-order valence-electron chi connectivity index (χ1n) is 5.76. The number of likely N-dealkylation sites (N-methyl/N-ethyl adjacent to an activating group) is 1. The first-order chi connectivity index (χ1) is 8.10. The standard InChI is InChI=1S/C13H16BrN3/c1-10-9-16(2)3-4-17(10)13-6-11(8-15)5-12(14)7-13/h5-7,10H,3-4,9H2,1-2H3. The lowest BCUT2D eigenvalue weighted by molar-refractivity contribution is 0.275. The van der Waals surface area contributed by atoms with E-state index in [-0.39, 0.29) is 0 Å². The summed E-state index contributed by atoms with van der Waals surface area (Å²) in [4.78, 5) is 4.70. The fraction of sp³-hybridized carbons (Fsp3) is 0.462. The van der Waals surface area contributed by atoms with Gasteiger partial charge in [-0.1, -0.05) is 15.9 Å². The molecule has 17 heavy (non-hydrogen) atoms. The van der Waals surface area contributed by atoms with Gasteiger partial charge >= 0.3 is 0 Å². The van der Waals surface area contributed by atoms with Gasteiger partial charge in [0.15, 0.2) is 0 Å². The summed E-state index contributed by atoms with van der Waals surface area (Å²) in [5, 5.41) is 9.00. The van der Waals surface area contributed by atoms with Crippen LogP contribution >= 0.6 is 15.9 Å². The Morgan fingerprint density at radius 1 is 1.35 bits per heavy atom. The molecule has 0 bridgehead atoms. The van der Waals surface area contributed by atoms with Crippen molar-refractivity contribution >= 4 is 21.6 Å². The highest BCUT2D eigenvalue weighted by molar-refractivity contribution is 9.10. The van der Waals surface area contributed by atoms with Gasteiger partial charge in [-0.3, -0.25) is 0 Å². The minimum absolute atomic E-state index is 0.481. The van der Waals surface area contributed by atoms with E-state index in [1.54, 1.807) is 0 Å². The maximum Gasteiger partial charge on any atom is 0.0992 e. The van der Waals surface area contributed by atoms with Crippen molar-refractivity contribution in [2.24, 2.45) is 0 Å². The summed E-state index contributed by atoms with van der Waals surface area (Å²) in [7, 11) is 2.15. The maximum absolute atomic E-state index is 9.00. The smallest absolute Gasteiger partial charge is 0.0992 e. The summed E-state index contributed by atoms with van der Waals surface area (Å²) < 4.78 is 0.970. The molecule has 0 spiro atoms. The lowest BCUT2D eigenvalue weighted by Crippen LogP contribution is -2.50. The molecule has 4 heteroatoms. The van der Waals surface area contributed by atoms with Crippen LogP contribution in [0.1, 0.15) is 12.5 Å². The normalized spacial score (nSPS) is 21.3. The van der Waals surface area contributed by atoms with E-state index in [0.717, 1.165) is 29.8 Å². The SMILES string of the molecule is CC1CN(C)CCN1c1cc(Br)cc(C#N)c1. The van der Waals surface area contributed by atoms with Crippen LogP contribution in [0, 0.1) is 11.3 Å². The molecular weight excluding hydrogens is 278 g/mol. The number of nitrogens with zero attached hydrogens (tertiary/aromatic N) is 3. The second kappa shape index (κ2) is 5.07. The Bertz CT molecular complexity index is 452. The molecule has 1 unspecified atom stereocenters. The van der Waals surface area contributed by atoms with E-state index in [1.807, 2.05) is 12.1 Å². The van der Waals surface area contributed by atoms with Gasteiger partial charge in [-0.2, -0.15) is 5.26 Å². The number of nitriles is 1. The van der Waals surface area contributed by atoms with E-state index >= 15 is 0 Å². The van der Waals surface area contributed by atoms with Crippen molar-refractivity contribution < 1.29 is 0 Å². The van der Waals surface area contributed by atoms with E-state index in [0.29, 0.717) is 11.6 Å². The molecule has 0 saturated carbocycles. The zero-order valence-corrected chi connectivity index (χ0v) is 11.7. The van der Waals surface area contributed by atoms with Crippen molar-refractivity contribution in [3.05, 3.63) is 28.2 Å². The van der Waals surface area contributed by atoms with Crippen molar-refractivity contribution in [3.63, 3.8) is 0 Å². The molecule has 1 fully saturated rings. The molecule has 3 nitrogen and oxygen atoms in total. The number of benzene rings is 1. The Kier molecular flexibility index (Phi) is 3.70. The molecule has 0 amide bonds. The minimum atomic E-state index is 0.481. The molecule has 1 aromatic carbocycles. The van der Waals surface area contributed by atoms with Crippen LogP contribution in [0.15, 0.2) is 22.7 Å². The molecule has 0 radical (unpaired) electrons. The Balaban J connectivity index is 2.28. The van der Waals surface area contributed by atoms with Crippen LogP contribution in [-0.4, -0.2) is 37.6 Å². The molecule has 1 heterocycles. The van der Waals surface area contributed by atoms with Crippen LogP contribution in [0.25, 0.3) is 0 Å². The van der Waals surface area contributed by atoms with Crippen LogP contribution in [0.2, 0.25) is 0 Å². The second-order valence-electron chi connectivity index (χ2n) is 4.61. The summed E-state index contributed by atoms with van der Waals surface area (Å²) in [6.45, 7) is 5.37. The van der Waals surface area contributed by atoms with Crippen molar-refractivity contribution in [3.8, 4) is 6.07 Å². The Hall–Kier alpha value is -1.05. The molecule has 1 aliphatic rings. The molecule has 0 aromatic heterocycles. The van der Waals surface area contributed by atoms with Gasteiger partial charge in [-0.05, 0) is 32.2 Å². The number of hydrogen-bond donors (Lipinski definition) is 0. The minimum Gasteiger partial charge on any atom is -0.366 e. The maximum atomic E-state index is 9.00. The van der Waals surface area contributed by atoms with Gasteiger partial charge in [0.05, 0.1) is 11.6 Å². The molecule has 90 valence electrons. The number of hydrogen-bond acceptors (Lipinski definition) is 3. The van der Waals surface area contributed by atoms with Gasteiger partial charge in [0, 0.05) is 35.8 Å². The third-order valence-corrected chi connectivity index (χ3v) is 3.63. The summed E-state index contributed by atoms with van der Waals surface area (Å²) >= 11 is 3.46. The average Bonchev–Trinajstić information content (AvgIpc) is 2.28. The Morgan fingerprint density at radius 2 is 2.12 bits per heavy atom. The lowest BCUT2D eigenvalue weighted by Gasteiger charge is -2.40. The van der Waals surface area contributed by atoms with Gasteiger partial charge in [-0.15, -0.1) is 0 Å². The molecule has 0 aliphatic carbocycles. The third-order valence-electron chi connectivity index (χ3n) is 3.17. The quantitative estimate of drug-likeness (QED) is 0.797. The fourth-order valence-electron chi connectivity index (χ4n) is 2.33. The van der Waals surface area contributed by atoms with Gasteiger partial charge in [0.25, 0.3) is 0 Å². The predicted octanol–water partition coefficient (Wildman–Crippen LogP) is 2.46. The van der Waals surface area contributed by atoms with Crippen LogP contribution < -0.4 is 4.90 Å². The molecule has 0 N–H and O–H groups in total. The van der Waals surface area contributed by atoms with Crippen molar-refractivity contribution in [1.29, 1.82) is 5.26 Å². The van der Waals surface area contributed by atoms with Crippen molar-refractivity contribution in [2.75, 3.05) is 31.6 Å². The lowest BCUT2D eigenvalue weighted by atomic mass is 10.1. The first-order valence-corrected chi connectivity index (χ1v) is 6.55. The first kappa shape index (κ1) is 12.4. The average molecular weight is 294 g/mol. The molecule has 1 aromatic rings. The Morgan fingerprint density at radius 3 is 2.76 bits per heavy atom.